The molecule has 1 aromatic rings. The van der Waals surface area contributed by atoms with Crippen molar-refractivity contribution in [3.05, 3.63) is 17.5 Å². The average Bonchev–Trinajstić information content (AvgIpc) is 2.99. The van der Waals surface area contributed by atoms with Gasteiger partial charge in [0.1, 0.15) is 6.29 Å². The van der Waals surface area contributed by atoms with Crippen molar-refractivity contribution >= 4 is 29.4 Å². The minimum atomic E-state index is 0.155. The van der Waals surface area contributed by atoms with Crippen LogP contribution in [-0.4, -0.2) is 48.3 Å². The third kappa shape index (κ3) is 4.88. The SMILES string of the molecule is O=CC1CN(CCSc2cccs2)CCC1CCCO. The Morgan fingerprint density at radius 1 is 1.55 bits per heavy atom. The Kier molecular flexibility index (Phi) is 7.07. The molecule has 1 aromatic heterocycles. The molecule has 2 atom stereocenters. The highest BCUT2D eigenvalue weighted by atomic mass is 32.2. The van der Waals surface area contributed by atoms with Crippen LogP contribution in [-0.2, 0) is 4.79 Å². The number of hydrogen-bond donors (Lipinski definition) is 1. The van der Waals surface area contributed by atoms with Crippen molar-refractivity contribution in [2.75, 3.05) is 32.0 Å². The summed E-state index contributed by atoms with van der Waals surface area (Å²) in [6.07, 6.45) is 4.02. The lowest BCUT2D eigenvalue weighted by Gasteiger charge is -2.36. The number of nitrogens with zero attached hydrogens (tertiary/aromatic N) is 1. The van der Waals surface area contributed by atoms with E-state index in [2.05, 4.69) is 22.4 Å². The monoisotopic (exact) mass is 313 g/mol. The number of hydrogen-bond acceptors (Lipinski definition) is 5. The molecular formula is C15H23NO2S2. The summed E-state index contributed by atoms with van der Waals surface area (Å²) in [7, 11) is 0. The van der Waals surface area contributed by atoms with Crippen LogP contribution in [0.2, 0.25) is 0 Å². The molecule has 3 nitrogen and oxygen atoms in total. The van der Waals surface area contributed by atoms with Crippen molar-refractivity contribution in [3.63, 3.8) is 0 Å². The van der Waals surface area contributed by atoms with Crippen LogP contribution in [0.25, 0.3) is 0 Å². The number of aliphatic hydroxyl groups is 1. The van der Waals surface area contributed by atoms with E-state index < -0.39 is 0 Å². The van der Waals surface area contributed by atoms with Gasteiger partial charge in [-0.25, -0.2) is 0 Å². The van der Waals surface area contributed by atoms with Crippen LogP contribution in [0.5, 0.6) is 0 Å². The molecule has 20 heavy (non-hydrogen) atoms. The van der Waals surface area contributed by atoms with E-state index in [0.29, 0.717) is 5.92 Å². The Morgan fingerprint density at radius 2 is 2.45 bits per heavy atom. The standard InChI is InChI=1S/C15H23NO2S2/c17-8-1-3-13-5-6-16(11-14(13)12-18)7-10-20-15-4-2-9-19-15/h2,4,9,12-14,17H,1,3,5-8,10-11H2. The molecule has 5 heteroatoms. The molecule has 0 radical (unpaired) electrons. The Morgan fingerprint density at radius 3 is 3.15 bits per heavy atom. The molecule has 0 aromatic carbocycles. The van der Waals surface area contributed by atoms with E-state index in [0.717, 1.165) is 50.9 Å². The first-order chi connectivity index (χ1) is 9.83. The first kappa shape index (κ1) is 16.0. The van der Waals surface area contributed by atoms with Gasteiger partial charge in [0.15, 0.2) is 0 Å². The molecule has 0 amide bonds. The summed E-state index contributed by atoms with van der Waals surface area (Å²) in [5.41, 5.74) is 0. The summed E-state index contributed by atoms with van der Waals surface area (Å²) in [4.78, 5) is 13.7. The molecule has 1 N–H and O–H groups in total. The number of carbonyl (C=O) groups is 1. The molecule has 2 unspecified atom stereocenters. The summed E-state index contributed by atoms with van der Waals surface area (Å²) < 4.78 is 1.37. The smallest absolute Gasteiger partial charge is 0.124 e. The van der Waals surface area contributed by atoms with Crippen molar-refractivity contribution in [1.82, 2.24) is 4.90 Å². The minimum Gasteiger partial charge on any atom is -0.396 e. The van der Waals surface area contributed by atoms with Gasteiger partial charge in [0.05, 0.1) is 4.21 Å². The van der Waals surface area contributed by atoms with Crippen molar-refractivity contribution in [3.8, 4) is 0 Å². The summed E-state index contributed by atoms with van der Waals surface area (Å²) in [5, 5.41) is 11.0. The van der Waals surface area contributed by atoms with Gasteiger partial charge >= 0.3 is 0 Å². The first-order valence-electron chi connectivity index (χ1n) is 7.28. The summed E-state index contributed by atoms with van der Waals surface area (Å²) in [6, 6.07) is 4.24. The fourth-order valence-electron chi connectivity index (χ4n) is 2.79. The molecule has 112 valence electrons. The minimum absolute atomic E-state index is 0.155. The fraction of sp³-hybridized carbons (Fsp3) is 0.667. The number of thioether (sulfide) groups is 1. The third-order valence-electron chi connectivity index (χ3n) is 3.95. The average molecular weight is 313 g/mol. The van der Waals surface area contributed by atoms with E-state index in [1.165, 1.54) is 4.21 Å². The number of likely N-dealkylation sites (tertiary alicyclic amines) is 1. The van der Waals surface area contributed by atoms with Gasteiger partial charge in [-0.05, 0) is 43.2 Å². The van der Waals surface area contributed by atoms with Crippen LogP contribution in [0.15, 0.2) is 21.7 Å². The van der Waals surface area contributed by atoms with E-state index in [-0.39, 0.29) is 12.5 Å². The number of thiophene rings is 1. The zero-order valence-corrected chi connectivity index (χ0v) is 13.4. The summed E-state index contributed by atoms with van der Waals surface area (Å²) in [5.74, 6) is 1.72. The Balaban J connectivity index is 1.70. The normalized spacial score (nSPS) is 23.9. The zero-order valence-electron chi connectivity index (χ0n) is 11.7. The van der Waals surface area contributed by atoms with Crippen LogP contribution in [0.4, 0.5) is 0 Å². The number of rotatable bonds is 8. The predicted molar refractivity (Wildman–Crippen MR) is 85.5 cm³/mol. The lowest BCUT2D eigenvalue weighted by atomic mass is 9.83. The maximum Gasteiger partial charge on any atom is 0.124 e. The molecule has 2 rings (SSSR count). The van der Waals surface area contributed by atoms with E-state index in [1.54, 1.807) is 11.3 Å². The predicted octanol–water partition coefficient (Wildman–Crippen LogP) is 2.75. The number of carbonyl (C=O) groups excluding carboxylic acids is 1. The molecule has 0 aliphatic carbocycles. The Labute approximate surface area is 129 Å². The first-order valence-corrected chi connectivity index (χ1v) is 9.15. The Bertz CT molecular complexity index is 383. The third-order valence-corrected chi connectivity index (χ3v) is 6.06. The van der Waals surface area contributed by atoms with Gasteiger partial charge in [-0.2, -0.15) is 0 Å². The number of aliphatic hydroxyl groups excluding tert-OH is 1. The quantitative estimate of drug-likeness (QED) is 0.592. The summed E-state index contributed by atoms with van der Waals surface area (Å²) >= 11 is 3.69. The van der Waals surface area contributed by atoms with Crippen LogP contribution in [0.3, 0.4) is 0 Å². The van der Waals surface area contributed by atoms with Crippen LogP contribution in [0.1, 0.15) is 19.3 Å². The van der Waals surface area contributed by atoms with Gasteiger partial charge in [-0.15, -0.1) is 23.1 Å². The second-order valence-electron chi connectivity index (χ2n) is 5.30. The molecule has 0 bridgehead atoms. The van der Waals surface area contributed by atoms with Gasteiger partial charge in [0.2, 0.25) is 0 Å². The van der Waals surface area contributed by atoms with E-state index in [9.17, 15) is 4.79 Å². The van der Waals surface area contributed by atoms with Crippen molar-refractivity contribution in [2.24, 2.45) is 11.8 Å². The maximum absolute atomic E-state index is 11.2. The second-order valence-corrected chi connectivity index (χ2v) is 7.64. The second kappa shape index (κ2) is 8.82. The van der Waals surface area contributed by atoms with Crippen molar-refractivity contribution < 1.29 is 9.90 Å². The lowest BCUT2D eigenvalue weighted by molar-refractivity contribution is -0.114. The molecule has 1 fully saturated rings. The molecule has 2 heterocycles. The molecule has 1 aliphatic rings. The molecule has 0 spiro atoms. The van der Waals surface area contributed by atoms with E-state index >= 15 is 0 Å². The van der Waals surface area contributed by atoms with Crippen LogP contribution >= 0.6 is 23.1 Å². The Hall–Kier alpha value is -0.360. The van der Waals surface area contributed by atoms with Gasteiger partial charge in [-0.1, -0.05) is 6.07 Å². The maximum atomic E-state index is 11.2. The van der Waals surface area contributed by atoms with Crippen molar-refractivity contribution in [1.29, 1.82) is 0 Å². The fourth-order valence-corrected chi connectivity index (χ4v) is 4.65. The summed E-state index contributed by atoms with van der Waals surface area (Å²) in [6.45, 7) is 3.28. The zero-order chi connectivity index (χ0) is 14.2. The van der Waals surface area contributed by atoms with E-state index in [1.807, 2.05) is 11.8 Å². The highest BCUT2D eigenvalue weighted by Gasteiger charge is 2.28. The number of aldehydes is 1. The topological polar surface area (TPSA) is 40.5 Å². The van der Waals surface area contributed by atoms with E-state index in [4.69, 9.17) is 5.11 Å². The van der Waals surface area contributed by atoms with Crippen LogP contribution < -0.4 is 0 Å². The van der Waals surface area contributed by atoms with Gasteiger partial charge in [0, 0.05) is 31.4 Å². The van der Waals surface area contributed by atoms with Gasteiger partial charge in [-0.3, -0.25) is 0 Å². The molecular weight excluding hydrogens is 290 g/mol. The highest BCUT2D eigenvalue weighted by Crippen LogP contribution is 2.27. The largest absolute Gasteiger partial charge is 0.396 e. The molecule has 1 aliphatic heterocycles. The molecule has 0 saturated carbocycles. The number of piperidine rings is 1. The van der Waals surface area contributed by atoms with Crippen molar-refractivity contribution in [2.45, 2.75) is 23.5 Å². The lowest BCUT2D eigenvalue weighted by Crippen LogP contribution is -2.42. The highest BCUT2D eigenvalue weighted by molar-refractivity contribution is 8.01. The van der Waals surface area contributed by atoms with Crippen LogP contribution in [0, 0.1) is 11.8 Å². The van der Waals surface area contributed by atoms with Gasteiger partial charge in [0.25, 0.3) is 0 Å². The van der Waals surface area contributed by atoms with Gasteiger partial charge < -0.3 is 14.8 Å². The molecule has 1 saturated heterocycles.